The number of aryl methyl sites for hydroxylation is 1. The number of thioether (sulfide) groups is 1. The zero-order chi connectivity index (χ0) is 24.5. The van der Waals surface area contributed by atoms with Crippen LogP contribution in [-0.2, 0) is 11.3 Å². The molecule has 0 aliphatic heterocycles. The number of nitrogens with one attached hydrogen (secondary N) is 2. The van der Waals surface area contributed by atoms with Crippen molar-refractivity contribution in [1.82, 2.24) is 20.2 Å². The van der Waals surface area contributed by atoms with E-state index in [0.717, 1.165) is 16.9 Å². The highest BCUT2D eigenvalue weighted by atomic mass is 32.2. The topological polar surface area (TPSA) is 119 Å². The number of carbonyl (C=O) groups is 1. The Hall–Kier alpha value is -4.31. The van der Waals surface area contributed by atoms with Crippen molar-refractivity contribution >= 4 is 29.8 Å². The van der Waals surface area contributed by atoms with Gasteiger partial charge in [0.1, 0.15) is 11.5 Å². The summed E-state index contributed by atoms with van der Waals surface area (Å²) in [5.41, 5.74) is 5.81. The fraction of sp³-hybridized carbons (Fsp3) is 0.120. The SMILES string of the molecule is Cc1ccc(CNC(=O)CSc2nnc(N/N=C/c3cccc(Oc4ccccc4)c3)n2N)cc1. The van der Waals surface area contributed by atoms with E-state index in [1.807, 2.05) is 85.8 Å². The molecule has 1 aromatic heterocycles. The molecule has 178 valence electrons. The molecule has 0 aliphatic rings. The van der Waals surface area contributed by atoms with Crippen LogP contribution in [0.1, 0.15) is 16.7 Å². The highest BCUT2D eigenvalue weighted by Crippen LogP contribution is 2.21. The van der Waals surface area contributed by atoms with E-state index in [0.29, 0.717) is 17.5 Å². The quantitative estimate of drug-likeness (QED) is 0.134. The van der Waals surface area contributed by atoms with Gasteiger partial charge < -0.3 is 15.9 Å². The smallest absolute Gasteiger partial charge is 0.264 e. The summed E-state index contributed by atoms with van der Waals surface area (Å²) in [7, 11) is 0. The maximum absolute atomic E-state index is 12.2. The number of anilines is 1. The minimum Gasteiger partial charge on any atom is -0.457 e. The molecule has 0 aliphatic carbocycles. The fourth-order valence-corrected chi connectivity index (χ4v) is 3.67. The summed E-state index contributed by atoms with van der Waals surface area (Å²) in [6.45, 7) is 2.49. The van der Waals surface area contributed by atoms with Gasteiger partial charge in [0.25, 0.3) is 5.95 Å². The summed E-state index contributed by atoms with van der Waals surface area (Å²) >= 11 is 1.19. The molecule has 35 heavy (non-hydrogen) atoms. The van der Waals surface area contributed by atoms with E-state index in [1.165, 1.54) is 22.0 Å². The van der Waals surface area contributed by atoms with Crippen molar-refractivity contribution in [3.8, 4) is 11.5 Å². The van der Waals surface area contributed by atoms with Crippen LogP contribution in [0.15, 0.2) is 89.1 Å². The molecule has 4 N–H and O–H groups in total. The van der Waals surface area contributed by atoms with Crippen LogP contribution in [0.5, 0.6) is 11.5 Å². The third-order valence-electron chi connectivity index (χ3n) is 4.82. The molecule has 9 nitrogen and oxygen atoms in total. The number of rotatable bonds is 10. The number of nitrogens with zero attached hydrogens (tertiary/aromatic N) is 4. The Morgan fingerprint density at radius 2 is 1.83 bits per heavy atom. The van der Waals surface area contributed by atoms with Gasteiger partial charge in [0.2, 0.25) is 11.1 Å². The Balaban J connectivity index is 1.26. The fourth-order valence-electron chi connectivity index (χ4n) is 2.99. The Morgan fingerprint density at radius 1 is 1.06 bits per heavy atom. The molecule has 10 heteroatoms. The second-order valence-corrected chi connectivity index (χ2v) is 8.53. The number of nitrogens with two attached hydrogens (primary N) is 1. The van der Waals surface area contributed by atoms with Crippen LogP contribution in [0.25, 0.3) is 0 Å². The van der Waals surface area contributed by atoms with Crippen LogP contribution in [0.3, 0.4) is 0 Å². The van der Waals surface area contributed by atoms with Gasteiger partial charge in [0, 0.05) is 6.54 Å². The summed E-state index contributed by atoms with van der Waals surface area (Å²) in [6, 6.07) is 25.1. The first-order valence-electron chi connectivity index (χ1n) is 10.8. The van der Waals surface area contributed by atoms with Crippen molar-refractivity contribution in [1.29, 1.82) is 0 Å². The number of hydrogen-bond donors (Lipinski definition) is 3. The summed E-state index contributed by atoms with van der Waals surface area (Å²) in [6.07, 6.45) is 1.62. The number of benzene rings is 3. The predicted molar refractivity (Wildman–Crippen MR) is 138 cm³/mol. The third-order valence-corrected chi connectivity index (χ3v) is 5.77. The first-order chi connectivity index (χ1) is 17.1. The van der Waals surface area contributed by atoms with E-state index >= 15 is 0 Å². The summed E-state index contributed by atoms with van der Waals surface area (Å²) in [5.74, 6) is 7.79. The number of amides is 1. The molecular formula is C25H25N7O2S. The van der Waals surface area contributed by atoms with Gasteiger partial charge >= 0.3 is 0 Å². The average molecular weight is 488 g/mol. The van der Waals surface area contributed by atoms with Gasteiger partial charge in [-0.15, -0.1) is 10.2 Å². The van der Waals surface area contributed by atoms with Crippen molar-refractivity contribution in [3.63, 3.8) is 0 Å². The highest BCUT2D eigenvalue weighted by Gasteiger charge is 2.12. The van der Waals surface area contributed by atoms with Crippen LogP contribution in [0.4, 0.5) is 5.95 Å². The van der Waals surface area contributed by atoms with Crippen molar-refractivity contribution in [2.45, 2.75) is 18.6 Å². The van der Waals surface area contributed by atoms with Gasteiger partial charge in [0.05, 0.1) is 12.0 Å². The molecule has 0 saturated heterocycles. The first-order valence-corrected chi connectivity index (χ1v) is 11.8. The van der Waals surface area contributed by atoms with Gasteiger partial charge in [0.15, 0.2) is 0 Å². The minimum absolute atomic E-state index is 0.122. The van der Waals surface area contributed by atoms with E-state index < -0.39 is 0 Å². The van der Waals surface area contributed by atoms with E-state index in [9.17, 15) is 4.79 Å². The molecule has 0 atom stereocenters. The van der Waals surface area contributed by atoms with Gasteiger partial charge in [-0.25, -0.2) is 10.1 Å². The van der Waals surface area contributed by atoms with E-state index in [2.05, 4.69) is 26.0 Å². The Labute approximate surface area is 207 Å². The maximum atomic E-state index is 12.2. The minimum atomic E-state index is -0.122. The maximum Gasteiger partial charge on any atom is 0.264 e. The predicted octanol–water partition coefficient (Wildman–Crippen LogP) is 3.95. The van der Waals surface area contributed by atoms with Crippen molar-refractivity contribution in [2.24, 2.45) is 5.10 Å². The summed E-state index contributed by atoms with van der Waals surface area (Å²) in [4.78, 5) is 12.2. The lowest BCUT2D eigenvalue weighted by molar-refractivity contribution is -0.118. The van der Waals surface area contributed by atoms with Crippen LogP contribution in [-0.4, -0.2) is 32.7 Å². The summed E-state index contributed by atoms with van der Waals surface area (Å²) in [5, 5.41) is 15.5. The van der Waals surface area contributed by atoms with Gasteiger partial charge in [-0.1, -0.05) is 71.9 Å². The number of ether oxygens (including phenoxy) is 1. The molecular weight excluding hydrogens is 462 g/mol. The molecule has 0 saturated carbocycles. The second kappa shape index (κ2) is 11.7. The molecule has 0 bridgehead atoms. The van der Waals surface area contributed by atoms with Crippen molar-refractivity contribution < 1.29 is 9.53 Å². The Bertz CT molecular complexity index is 1290. The van der Waals surface area contributed by atoms with Crippen LogP contribution in [0, 0.1) is 6.92 Å². The lowest BCUT2D eigenvalue weighted by Crippen LogP contribution is -2.25. The normalized spacial score (nSPS) is 10.9. The van der Waals surface area contributed by atoms with E-state index in [4.69, 9.17) is 10.6 Å². The van der Waals surface area contributed by atoms with E-state index in [1.54, 1.807) is 6.21 Å². The number of aromatic nitrogens is 3. The number of hydrogen-bond acceptors (Lipinski definition) is 8. The van der Waals surface area contributed by atoms with Gasteiger partial charge in [-0.3, -0.25) is 4.79 Å². The Kier molecular flexibility index (Phi) is 7.97. The standard InChI is InChI=1S/C25H25N7O2S/c1-18-10-12-19(13-11-18)15-27-23(33)17-35-25-31-30-24(32(25)26)29-28-16-20-6-5-9-22(14-20)34-21-7-3-2-4-8-21/h2-14,16H,15,17,26H2,1H3,(H,27,33)(H,29,30)/b28-16+. The zero-order valence-corrected chi connectivity index (χ0v) is 19.9. The van der Waals surface area contributed by atoms with Crippen LogP contribution < -0.4 is 21.3 Å². The highest BCUT2D eigenvalue weighted by molar-refractivity contribution is 7.99. The van der Waals surface area contributed by atoms with Gasteiger partial charge in [-0.2, -0.15) is 5.10 Å². The lowest BCUT2D eigenvalue weighted by Gasteiger charge is -2.06. The van der Waals surface area contributed by atoms with Gasteiger partial charge in [-0.05, 0) is 42.3 Å². The first kappa shape index (κ1) is 23.8. The molecule has 0 fully saturated rings. The molecule has 1 amide bonds. The van der Waals surface area contributed by atoms with Crippen molar-refractivity contribution in [3.05, 3.63) is 95.6 Å². The third kappa shape index (κ3) is 7.08. The second-order valence-electron chi connectivity index (χ2n) is 7.58. The number of para-hydroxylation sites is 1. The zero-order valence-electron chi connectivity index (χ0n) is 19.1. The monoisotopic (exact) mass is 487 g/mol. The Morgan fingerprint density at radius 3 is 2.63 bits per heavy atom. The molecule has 0 spiro atoms. The van der Waals surface area contributed by atoms with Crippen LogP contribution >= 0.6 is 11.8 Å². The molecule has 0 radical (unpaired) electrons. The lowest BCUT2D eigenvalue weighted by atomic mass is 10.1. The molecule has 0 unspecified atom stereocenters. The molecule has 3 aromatic carbocycles. The molecule has 1 heterocycles. The molecule has 4 rings (SSSR count). The largest absolute Gasteiger partial charge is 0.457 e. The number of nitrogen functional groups attached to an aromatic ring is 1. The number of hydrazone groups is 1. The average Bonchev–Trinajstić information content (AvgIpc) is 3.22. The summed E-state index contributed by atoms with van der Waals surface area (Å²) < 4.78 is 7.09. The number of carbonyl (C=O) groups excluding carboxylic acids is 1. The van der Waals surface area contributed by atoms with Crippen LogP contribution in [0.2, 0.25) is 0 Å². The van der Waals surface area contributed by atoms with Crippen molar-refractivity contribution in [2.75, 3.05) is 17.0 Å². The van der Waals surface area contributed by atoms with E-state index in [-0.39, 0.29) is 17.6 Å². The molecule has 4 aromatic rings.